The van der Waals surface area contributed by atoms with E-state index in [4.69, 9.17) is 0 Å². The summed E-state index contributed by atoms with van der Waals surface area (Å²) in [5.74, 6) is 0. The van der Waals surface area contributed by atoms with Gasteiger partial charge >= 0.3 is 0 Å². The Morgan fingerprint density at radius 1 is 1.47 bits per heavy atom. The number of piperidine rings is 1. The zero-order chi connectivity index (χ0) is 12.3. The van der Waals surface area contributed by atoms with E-state index in [9.17, 15) is 0 Å². The first-order valence-electron chi connectivity index (χ1n) is 6.37. The van der Waals surface area contributed by atoms with Crippen molar-refractivity contribution in [2.45, 2.75) is 33.2 Å². The average Bonchev–Trinajstić information content (AvgIpc) is 2.70. The first-order valence-corrected chi connectivity index (χ1v) is 7.25. The topological polar surface area (TPSA) is 28.2 Å². The Hall–Kier alpha value is -0.450. The molecule has 0 radical (unpaired) electrons. The van der Waals surface area contributed by atoms with E-state index in [0.717, 1.165) is 13.1 Å². The fourth-order valence-electron chi connectivity index (χ4n) is 2.31. The summed E-state index contributed by atoms with van der Waals surface area (Å²) in [6.45, 7) is 9.06. The molecule has 1 aliphatic rings. The van der Waals surface area contributed by atoms with Gasteiger partial charge < -0.3 is 10.2 Å². The van der Waals surface area contributed by atoms with Crippen LogP contribution in [-0.4, -0.2) is 36.6 Å². The van der Waals surface area contributed by atoms with Gasteiger partial charge in [-0.2, -0.15) is 0 Å². The first kappa shape index (κ1) is 13.0. The van der Waals surface area contributed by atoms with Crippen molar-refractivity contribution in [2.75, 3.05) is 26.7 Å². The Kier molecular flexibility index (Phi) is 4.17. The lowest BCUT2D eigenvalue weighted by molar-refractivity contribution is 0.137. The maximum atomic E-state index is 4.28. The van der Waals surface area contributed by atoms with Gasteiger partial charge in [-0.3, -0.25) is 0 Å². The number of nitrogens with zero attached hydrogens (tertiary/aromatic N) is 2. The third-order valence-corrected chi connectivity index (χ3v) is 4.81. The van der Waals surface area contributed by atoms with Crippen molar-refractivity contribution >= 4 is 11.3 Å². The van der Waals surface area contributed by atoms with Crippen LogP contribution < -0.4 is 5.32 Å². The summed E-state index contributed by atoms with van der Waals surface area (Å²) in [5.41, 5.74) is 3.59. The molecule has 1 N–H and O–H groups in total. The third kappa shape index (κ3) is 3.50. The second-order valence-electron chi connectivity index (χ2n) is 5.58. The number of likely N-dealkylation sites (tertiary alicyclic amines) is 1. The lowest BCUT2D eigenvalue weighted by Crippen LogP contribution is -2.41. The summed E-state index contributed by atoms with van der Waals surface area (Å²) < 4.78 is 0. The monoisotopic (exact) mass is 253 g/mol. The molecule has 2 heterocycles. The van der Waals surface area contributed by atoms with E-state index in [1.165, 1.54) is 36.5 Å². The highest BCUT2D eigenvalue weighted by atomic mass is 32.1. The molecule has 0 unspecified atom stereocenters. The average molecular weight is 253 g/mol. The van der Waals surface area contributed by atoms with E-state index in [0.29, 0.717) is 5.41 Å². The molecular formula is C13H23N3S. The second kappa shape index (κ2) is 5.46. The molecule has 0 amide bonds. The Balaban J connectivity index is 1.76. The molecule has 0 aliphatic carbocycles. The minimum absolute atomic E-state index is 0.477. The minimum Gasteiger partial charge on any atom is -0.311 e. The zero-order valence-electron chi connectivity index (χ0n) is 11.1. The predicted molar refractivity (Wildman–Crippen MR) is 73.4 cm³/mol. The van der Waals surface area contributed by atoms with Crippen molar-refractivity contribution in [3.8, 4) is 0 Å². The van der Waals surface area contributed by atoms with E-state index in [2.05, 4.69) is 36.1 Å². The molecule has 0 bridgehead atoms. The van der Waals surface area contributed by atoms with Crippen LogP contribution in [-0.2, 0) is 6.54 Å². The second-order valence-corrected chi connectivity index (χ2v) is 6.52. The van der Waals surface area contributed by atoms with Crippen molar-refractivity contribution in [1.29, 1.82) is 0 Å². The van der Waals surface area contributed by atoms with E-state index in [1.54, 1.807) is 11.3 Å². The van der Waals surface area contributed by atoms with Gasteiger partial charge in [0, 0.05) is 18.0 Å². The van der Waals surface area contributed by atoms with Gasteiger partial charge in [0.15, 0.2) is 0 Å². The Morgan fingerprint density at radius 3 is 2.76 bits per heavy atom. The molecule has 1 fully saturated rings. The molecule has 96 valence electrons. The molecule has 1 aliphatic heterocycles. The highest BCUT2D eigenvalue weighted by Gasteiger charge is 2.28. The summed E-state index contributed by atoms with van der Waals surface area (Å²) in [6.07, 6.45) is 2.61. The van der Waals surface area contributed by atoms with Crippen molar-refractivity contribution in [1.82, 2.24) is 15.2 Å². The Bertz CT molecular complexity index is 353. The number of nitrogens with one attached hydrogen (secondary N) is 1. The van der Waals surface area contributed by atoms with Crippen molar-refractivity contribution < 1.29 is 0 Å². The number of hydrogen-bond donors (Lipinski definition) is 1. The third-order valence-electron chi connectivity index (χ3n) is 3.88. The lowest BCUT2D eigenvalue weighted by atomic mass is 9.80. The number of rotatable bonds is 4. The van der Waals surface area contributed by atoms with E-state index < -0.39 is 0 Å². The van der Waals surface area contributed by atoms with Crippen LogP contribution >= 0.6 is 11.3 Å². The molecule has 3 nitrogen and oxygen atoms in total. The minimum atomic E-state index is 0.477. The maximum absolute atomic E-state index is 4.28. The Morgan fingerprint density at radius 2 is 2.18 bits per heavy atom. The number of aryl methyl sites for hydroxylation is 1. The first-order chi connectivity index (χ1) is 8.09. The number of thiazole rings is 1. The molecule has 0 saturated carbocycles. The largest absolute Gasteiger partial charge is 0.311 e. The molecule has 1 saturated heterocycles. The zero-order valence-corrected chi connectivity index (χ0v) is 11.9. The predicted octanol–water partition coefficient (Wildman–Crippen LogP) is 2.27. The van der Waals surface area contributed by atoms with Crippen LogP contribution in [0.15, 0.2) is 5.51 Å². The number of hydrogen-bond acceptors (Lipinski definition) is 4. The van der Waals surface area contributed by atoms with Crippen molar-refractivity contribution in [3.05, 3.63) is 16.1 Å². The summed E-state index contributed by atoms with van der Waals surface area (Å²) >= 11 is 1.75. The standard InChI is InChI=1S/C13H23N3S/c1-11-12(17-10-15-11)8-14-9-13(2)4-6-16(3)7-5-13/h10,14H,4-9H2,1-3H3. The van der Waals surface area contributed by atoms with Gasteiger partial charge in [-0.05, 0) is 45.3 Å². The normalized spacial score (nSPS) is 20.6. The van der Waals surface area contributed by atoms with Gasteiger partial charge in [0.25, 0.3) is 0 Å². The van der Waals surface area contributed by atoms with Crippen LogP contribution in [0, 0.1) is 12.3 Å². The maximum Gasteiger partial charge on any atom is 0.0798 e. The molecule has 17 heavy (non-hydrogen) atoms. The SMILES string of the molecule is Cc1ncsc1CNCC1(C)CCN(C)CC1. The summed E-state index contributed by atoms with van der Waals surface area (Å²) in [4.78, 5) is 8.08. The van der Waals surface area contributed by atoms with Gasteiger partial charge in [-0.25, -0.2) is 4.98 Å². The smallest absolute Gasteiger partial charge is 0.0798 e. The van der Waals surface area contributed by atoms with Crippen LogP contribution in [0.1, 0.15) is 30.3 Å². The Labute approximate surface area is 108 Å². The quantitative estimate of drug-likeness (QED) is 0.892. The van der Waals surface area contributed by atoms with E-state index in [-0.39, 0.29) is 0 Å². The van der Waals surface area contributed by atoms with Crippen molar-refractivity contribution in [2.24, 2.45) is 5.41 Å². The molecule has 2 rings (SSSR count). The van der Waals surface area contributed by atoms with Gasteiger partial charge in [0.05, 0.1) is 11.2 Å². The van der Waals surface area contributed by atoms with Crippen LogP contribution in [0.5, 0.6) is 0 Å². The lowest BCUT2D eigenvalue weighted by Gasteiger charge is -2.38. The molecule has 4 heteroatoms. The highest BCUT2D eigenvalue weighted by molar-refractivity contribution is 7.09. The van der Waals surface area contributed by atoms with E-state index in [1.807, 2.05) is 5.51 Å². The molecule has 1 aromatic rings. The summed E-state index contributed by atoms with van der Waals surface area (Å²) in [5, 5.41) is 3.61. The fraction of sp³-hybridized carbons (Fsp3) is 0.769. The van der Waals surface area contributed by atoms with Gasteiger partial charge in [-0.1, -0.05) is 6.92 Å². The fourth-order valence-corrected chi connectivity index (χ4v) is 3.06. The molecule has 0 atom stereocenters. The molecule has 0 spiro atoms. The van der Waals surface area contributed by atoms with Gasteiger partial charge in [0.2, 0.25) is 0 Å². The summed E-state index contributed by atoms with van der Waals surface area (Å²) in [7, 11) is 2.22. The van der Waals surface area contributed by atoms with Crippen LogP contribution in [0.4, 0.5) is 0 Å². The van der Waals surface area contributed by atoms with Crippen LogP contribution in [0.2, 0.25) is 0 Å². The summed E-state index contributed by atoms with van der Waals surface area (Å²) in [6, 6.07) is 0. The van der Waals surface area contributed by atoms with Crippen LogP contribution in [0.3, 0.4) is 0 Å². The number of aromatic nitrogens is 1. The van der Waals surface area contributed by atoms with Gasteiger partial charge in [-0.15, -0.1) is 11.3 Å². The van der Waals surface area contributed by atoms with Crippen LogP contribution in [0.25, 0.3) is 0 Å². The molecule has 0 aromatic carbocycles. The molecular weight excluding hydrogens is 230 g/mol. The highest BCUT2D eigenvalue weighted by Crippen LogP contribution is 2.29. The van der Waals surface area contributed by atoms with Crippen molar-refractivity contribution in [3.63, 3.8) is 0 Å². The van der Waals surface area contributed by atoms with Gasteiger partial charge in [0.1, 0.15) is 0 Å². The van der Waals surface area contributed by atoms with E-state index >= 15 is 0 Å². The molecule has 1 aromatic heterocycles.